The van der Waals surface area contributed by atoms with Crippen molar-refractivity contribution in [3.63, 3.8) is 0 Å². The highest BCUT2D eigenvalue weighted by molar-refractivity contribution is 6.04. The van der Waals surface area contributed by atoms with Crippen molar-refractivity contribution in [2.45, 2.75) is 32.1 Å². The van der Waals surface area contributed by atoms with Gasteiger partial charge in [-0.1, -0.05) is 12.8 Å². The van der Waals surface area contributed by atoms with Crippen LogP contribution in [0.2, 0.25) is 0 Å². The first-order valence-electron chi connectivity index (χ1n) is 8.39. The molecule has 0 spiro atoms. The summed E-state index contributed by atoms with van der Waals surface area (Å²) in [5.74, 6) is 0.690. The first-order valence-corrected chi connectivity index (χ1v) is 8.39. The Balaban J connectivity index is 1.64. The van der Waals surface area contributed by atoms with E-state index in [1.807, 2.05) is 6.07 Å². The number of rotatable bonds is 4. The van der Waals surface area contributed by atoms with Crippen LogP contribution >= 0.6 is 0 Å². The zero-order valence-electron chi connectivity index (χ0n) is 13.4. The molecule has 4 rings (SSSR count). The Kier molecular flexibility index (Phi) is 3.41. The van der Waals surface area contributed by atoms with Crippen LogP contribution in [-0.2, 0) is 0 Å². The van der Waals surface area contributed by atoms with E-state index in [1.54, 1.807) is 6.20 Å². The Hall–Kier alpha value is -2.62. The molecule has 1 unspecified atom stereocenters. The van der Waals surface area contributed by atoms with Gasteiger partial charge in [-0.15, -0.1) is 10.2 Å². The summed E-state index contributed by atoms with van der Waals surface area (Å²) in [6, 6.07) is 4.39. The van der Waals surface area contributed by atoms with Crippen LogP contribution in [0.1, 0.15) is 42.6 Å². The molecule has 2 heterocycles. The molecule has 2 fully saturated rings. The first-order chi connectivity index (χ1) is 11.6. The molecule has 2 aromatic rings. The molecule has 2 aromatic heterocycles. The molecule has 0 aromatic carbocycles. The molecule has 0 aliphatic heterocycles. The minimum absolute atomic E-state index is 0.119. The zero-order valence-corrected chi connectivity index (χ0v) is 13.4. The molecule has 3 atom stereocenters. The van der Waals surface area contributed by atoms with Crippen LogP contribution < -0.4 is 11.1 Å². The van der Waals surface area contributed by atoms with E-state index in [1.165, 1.54) is 19.3 Å². The van der Waals surface area contributed by atoms with E-state index in [2.05, 4.69) is 26.6 Å². The Bertz CT molecular complexity index is 823. The van der Waals surface area contributed by atoms with Crippen molar-refractivity contribution in [2.24, 2.45) is 23.0 Å². The van der Waals surface area contributed by atoms with Gasteiger partial charge in [0.15, 0.2) is 11.3 Å². The molecule has 1 amide bonds. The first kappa shape index (κ1) is 14.9. The van der Waals surface area contributed by atoms with Gasteiger partial charge in [0, 0.05) is 18.1 Å². The van der Waals surface area contributed by atoms with Gasteiger partial charge in [-0.05, 0) is 37.2 Å². The lowest BCUT2D eigenvalue weighted by atomic mass is 9.70. The molecule has 7 nitrogen and oxygen atoms in total. The maximum Gasteiger partial charge on any atom is 0.271 e. The van der Waals surface area contributed by atoms with Gasteiger partial charge in [0.1, 0.15) is 0 Å². The van der Waals surface area contributed by atoms with Crippen molar-refractivity contribution in [1.29, 1.82) is 5.26 Å². The molecule has 124 valence electrons. The summed E-state index contributed by atoms with van der Waals surface area (Å²) in [5.41, 5.74) is 6.35. The van der Waals surface area contributed by atoms with Crippen LogP contribution in [0.4, 0.5) is 5.69 Å². The number of anilines is 1. The number of nitrogens with one attached hydrogen (secondary N) is 2. The Morgan fingerprint density at radius 1 is 1.42 bits per heavy atom. The lowest BCUT2D eigenvalue weighted by Gasteiger charge is -2.35. The smallest absolute Gasteiger partial charge is 0.271 e. The number of nitrogens with two attached hydrogens (primary N) is 1. The molecular weight excluding hydrogens is 304 g/mol. The van der Waals surface area contributed by atoms with Gasteiger partial charge < -0.3 is 16.0 Å². The van der Waals surface area contributed by atoms with Crippen LogP contribution in [0.3, 0.4) is 0 Å². The van der Waals surface area contributed by atoms with Crippen LogP contribution in [0.15, 0.2) is 12.3 Å². The number of fused-ring (bicyclic) bond motifs is 3. The maximum absolute atomic E-state index is 11.7. The summed E-state index contributed by atoms with van der Waals surface area (Å²) in [6.07, 6.45) is 7.32. The number of carbonyl (C=O) groups excluding carboxylic acids is 1. The zero-order chi connectivity index (χ0) is 16.7. The van der Waals surface area contributed by atoms with Crippen molar-refractivity contribution in [1.82, 2.24) is 15.2 Å². The highest BCUT2D eigenvalue weighted by Crippen LogP contribution is 2.50. The average Bonchev–Trinajstić information content (AvgIpc) is 3.18. The van der Waals surface area contributed by atoms with Gasteiger partial charge in [-0.2, -0.15) is 5.26 Å². The van der Waals surface area contributed by atoms with E-state index in [-0.39, 0.29) is 11.1 Å². The second-order valence-electron chi connectivity index (χ2n) is 7.23. The largest absolute Gasteiger partial charge is 0.381 e. The van der Waals surface area contributed by atoms with Crippen molar-refractivity contribution in [3.05, 3.63) is 18.0 Å². The lowest BCUT2D eigenvalue weighted by molar-refractivity contribution is 0.0995. The lowest BCUT2D eigenvalue weighted by Crippen LogP contribution is -2.35. The minimum Gasteiger partial charge on any atom is -0.381 e. The second-order valence-corrected chi connectivity index (χ2v) is 7.23. The predicted molar refractivity (Wildman–Crippen MR) is 89.0 cm³/mol. The summed E-state index contributed by atoms with van der Waals surface area (Å²) < 4.78 is 0. The third kappa shape index (κ3) is 2.39. The second kappa shape index (κ2) is 5.48. The molecule has 24 heavy (non-hydrogen) atoms. The third-order valence-corrected chi connectivity index (χ3v) is 5.56. The standard InChI is InChI=1S/C17H20N6O/c18-8-17(6-10-1-2-11(5-10)7-17)9-21-13-12-3-4-20-16(12)23-22-14(13)15(19)24/h3-4,10-11H,1-2,5-7,9H2,(H2,19,24)(H2,20,21,23)/t10-,11+,17?. The Morgan fingerprint density at radius 2 is 2.17 bits per heavy atom. The fourth-order valence-electron chi connectivity index (χ4n) is 4.54. The SMILES string of the molecule is N#CC1(CNc2c(C(N)=O)nnc3[nH]ccc23)C[C@@H]2CC[C@@H](C2)C1. The molecule has 2 aliphatic rings. The number of aromatic nitrogens is 3. The summed E-state index contributed by atoms with van der Waals surface area (Å²) in [4.78, 5) is 14.7. The fraction of sp³-hybridized carbons (Fsp3) is 0.529. The van der Waals surface area contributed by atoms with Crippen molar-refractivity contribution >= 4 is 22.6 Å². The molecule has 7 heteroatoms. The number of hydrogen-bond donors (Lipinski definition) is 3. The van der Waals surface area contributed by atoms with Crippen LogP contribution in [0.25, 0.3) is 11.0 Å². The summed E-state index contributed by atoms with van der Waals surface area (Å²) in [6.45, 7) is 0.503. The molecule has 2 saturated carbocycles. The number of amides is 1. The summed E-state index contributed by atoms with van der Waals surface area (Å²) >= 11 is 0. The van der Waals surface area contributed by atoms with Crippen LogP contribution in [0, 0.1) is 28.6 Å². The van der Waals surface area contributed by atoms with Gasteiger partial charge in [-0.25, -0.2) is 0 Å². The molecular formula is C17H20N6O. The van der Waals surface area contributed by atoms with E-state index in [4.69, 9.17) is 5.73 Å². The van der Waals surface area contributed by atoms with Gasteiger partial charge in [0.2, 0.25) is 0 Å². The molecule has 0 radical (unpaired) electrons. The third-order valence-electron chi connectivity index (χ3n) is 5.56. The van der Waals surface area contributed by atoms with Crippen molar-refractivity contribution < 1.29 is 4.79 Å². The highest BCUT2D eigenvalue weighted by atomic mass is 16.1. The molecule has 2 aliphatic carbocycles. The molecule has 4 N–H and O–H groups in total. The molecule has 0 saturated heterocycles. The van der Waals surface area contributed by atoms with E-state index in [0.29, 0.717) is 29.7 Å². The normalized spacial score (nSPS) is 28.6. The van der Waals surface area contributed by atoms with Crippen LogP contribution in [0.5, 0.6) is 0 Å². The quantitative estimate of drug-likeness (QED) is 0.796. The minimum atomic E-state index is -0.622. The summed E-state index contributed by atoms with van der Waals surface area (Å²) in [5, 5.41) is 21.8. The highest BCUT2D eigenvalue weighted by Gasteiger charge is 2.44. The predicted octanol–water partition coefficient (Wildman–Crippen LogP) is 2.19. The van der Waals surface area contributed by atoms with Gasteiger partial charge in [0.25, 0.3) is 5.91 Å². The number of primary amides is 1. The van der Waals surface area contributed by atoms with Crippen molar-refractivity contribution in [3.8, 4) is 6.07 Å². The van der Waals surface area contributed by atoms with E-state index < -0.39 is 5.91 Å². The number of aromatic amines is 1. The van der Waals surface area contributed by atoms with Crippen LogP contribution in [-0.4, -0.2) is 27.6 Å². The van der Waals surface area contributed by atoms with E-state index in [9.17, 15) is 10.1 Å². The number of H-pyrrole nitrogens is 1. The fourth-order valence-corrected chi connectivity index (χ4v) is 4.54. The Labute approximate surface area is 139 Å². The summed E-state index contributed by atoms with van der Waals surface area (Å²) in [7, 11) is 0. The van der Waals surface area contributed by atoms with E-state index >= 15 is 0 Å². The molecule has 2 bridgehead atoms. The van der Waals surface area contributed by atoms with Gasteiger partial charge in [0.05, 0.1) is 17.2 Å². The average molecular weight is 324 g/mol. The van der Waals surface area contributed by atoms with E-state index in [0.717, 1.165) is 18.2 Å². The number of hydrogen-bond acceptors (Lipinski definition) is 5. The van der Waals surface area contributed by atoms with Gasteiger partial charge in [-0.3, -0.25) is 4.79 Å². The monoisotopic (exact) mass is 324 g/mol. The Morgan fingerprint density at radius 3 is 2.83 bits per heavy atom. The van der Waals surface area contributed by atoms with Crippen molar-refractivity contribution in [2.75, 3.05) is 11.9 Å². The number of carbonyl (C=O) groups is 1. The van der Waals surface area contributed by atoms with Gasteiger partial charge >= 0.3 is 0 Å². The number of nitrogens with zero attached hydrogens (tertiary/aromatic N) is 3. The number of nitriles is 1. The maximum atomic E-state index is 11.7. The topological polar surface area (TPSA) is 120 Å².